The predicted molar refractivity (Wildman–Crippen MR) is 125 cm³/mol. The maximum absolute atomic E-state index is 12.1. The highest BCUT2D eigenvalue weighted by atomic mass is 35.5. The molecule has 0 saturated heterocycles. The molecule has 0 bridgehead atoms. The van der Waals surface area contributed by atoms with Crippen LogP contribution in [-0.2, 0) is 5.75 Å². The molecule has 6 nitrogen and oxygen atoms in total. The Morgan fingerprint density at radius 2 is 1.87 bits per heavy atom. The van der Waals surface area contributed by atoms with Crippen molar-refractivity contribution >= 4 is 34.3 Å². The number of fused-ring (bicyclic) bond motifs is 1. The zero-order valence-electron chi connectivity index (χ0n) is 17.8. The molecule has 0 saturated carbocycles. The van der Waals surface area contributed by atoms with E-state index in [2.05, 4.69) is 22.0 Å². The maximum atomic E-state index is 12.1. The predicted octanol–water partition coefficient (Wildman–Crippen LogP) is 5.25. The molecule has 0 spiro atoms. The average Bonchev–Trinajstić information content (AvgIpc) is 3.15. The first-order valence-electron chi connectivity index (χ1n) is 9.87. The van der Waals surface area contributed by atoms with Crippen molar-refractivity contribution in [3.05, 3.63) is 80.9 Å². The van der Waals surface area contributed by atoms with Crippen LogP contribution in [-0.4, -0.2) is 33.8 Å². The normalized spacial score (nSPS) is 12.6. The van der Waals surface area contributed by atoms with Crippen LogP contribution in [0.15, 0.2) is 62.9 Å². The van der Waals surface area contributed by atoms with Gasteiger partial charge in [0.05, 0.1) is 6.04 Å². The number of hydrogen-bond acceptors (Lipinski definition) is 6. The van der Waals surface area contributed by atoms with Crippen molar-refractivity contribution in [2.24, 2.45) is 0 Å². The summed E-state index contributed by atoms with van der Waals surface area (Å²) < 4.78 is 7.43. The van der Waals surface area contributed by atoms with Crippen molar-refractivity contribution in [1.82, 2.24) is 19.7 Å². The Labute approximate surface area is 189 Å². The third-order valence-electron chi connectivity index (χ3n) is 5.23. The molecule has 0 N–H and O–H groups in total. The quantitative estimate of drug-likeness (QED) is 0.293. The Morgan fingerprint density at radius 1 is 1.13 bits per heavy atom. The van der Waals surface area contributed by atoms with Crippen molar-refractivity contribution < 1.29 is 4.42 Å². The number of thioether (sulfide) groups is 1. The molecule has 0 amide bonds. The monoisotopic (exact) mass is 454 g/mol. The van der Waals surface area contributed by atoms with Gasteiger partial charge in [0.2, 0.25) is 0 Å². The lowest BCUT2D eigenvalue weighted by Gasteiger charge is -2.20. The van der Waals surface area contributed by atoms with Gasteiger partial charge in [-0.1, -0.05) is 35.5 Å². The molecule has 160 valence electrons. The van der Waals surface area contributed by atoms with Gasteiger partial charge in [0.25, 0.3) is 0 Å². The number of hydrogen-bond donors (Lipinski definition) is 0. The minimum Gasteiger partial charge on any atom is -0.423 e. The van der Waals surface area contributed by atoms with E-state index in [0.29, 0.717) is 16.4 Å². The molecule has 1 atom stereocenters. The Kier molecular flexibility index (Phi) is 6.18. The van der Waals surface area contributed by atoms with E-state index in [1.807, 2.05) is 68.1 Å². The van der Waals surface area contributed by atoms with Crippen molar-refractivity contribution in [2.45, 2.75) is 30.8 Å². The first-order chi connectivity index (χ1) is 14.8. The van der Waals surface area contributed by atoms with Gasteiger partial charge in [-0.05, 0) is 69.4 Å². The van der Waals surface area contributed by atoms with Gasteiger partial charge in [-0.25, -0.2) is 4.79 Å². The van der Waals surface area contributed by atoms with Gasteiger partial charge in [0.15, 0.2) is 11.0 Å². The van der Waals surface area contributed by atoms with Gasteiger partial charge in [-0.15, -0.1) is 10.2 Å². The number of aromatic nitrogens is 3. The Balaban J connectivity index is 1.73. The fraction of sp³-hybridized carbons (Fsp3) is 0.261. The smallest absolute Gasteiger partial charge is 0.336 e. The molecule has 2 heterocycles. The molecule has 0 aliphatic heterocycles. The topological polar surface area (TPSA) is 64.2 Å². The number of benzene rings is 2. The largest absolute Gasteiger partial charge is 0.423 e. The standard InChI is InChI=1S/C23H23ClN4O2S/c1-14-5-10-19-16(12-21(29)30-20(19)11-14)13-31-23-26-25-22(15(2)27(3)4)28(23)18-8-6-17(24)7-9-18/h5-12,15H,13H2,1-4H3. The highest BCUT2D eigenvalue weighted by Gasteiger charge is 2.21. The van der Waals surface area contributed by atoms with E-state index < -0.39 is 0 Å². The lowest BCUT2D eigenvalue weighted by molar-refractivity contribution is 0.305. The van der Waals surface area contributed by atoms with E-state index >= 15 is 0 Å². The SMILES string of the molecule is Cc1ccc2c(CSc3nnc(C(C)N(C)C)n3-c3ccc(Cl)cc3)cc(=O)oc2c1. The van der Waals surface area contributed by atoms with Gasteiger partial charge < -0.3 is 4.42 Å². The summed E-state index contributed by atoms with van der Waals surface area (Å²) in [6.07, 6.45) is 0. The highest BCUT2D eigenvalue weighted by Crippen LogP contribution is 2.31. The van der Waals surface area contributed by atoms with Crippen LogP contribution in [0, 0.1) is 6.92 Å². The van der Waals surface area contributed by atoms with Crippen LogP contribution in [0.25, 0.3) is 16.7 Å². The van der Waals surface area contributed by atoms with Gasteiger partial charge in [-0.2, -0.15) is 0 Å². The Bertz CT molecular complexity index is 1280. The van der Waals surface area contributed by atoms with Gasteiger partial charge in [0, 0.05) is 27.9 Å². The molecule has 8 heteroatoms. The molecule has 0 fully saturated rings. The van der Waals surface area contributed by atoms with Crippen LogP contribution < -0.4 is 5.63 Å². The molecule has 1 unspecified atom stereocenters. The molecule has 31 heavy (non-hydrogen) atoms. The summed E-state index contributed by atoms with van der Waals surface area (Å²) in [4.78, 5) is 14.2. The molecule has 0 radical (unpaired) electrons. The third kappa shape index (κ3) is 4.54. The fourth-order valence-corrected chi connectivity index (χ4v) is 4.38. The zero-order chi connectivity index (χ0) is 22.1. The highest BCUT2D eigenvalue weighted by molar-refractivity contribution is 7.98. The van der Waals surface area contributed by atoms with E-state index in [4.69, 9.17) is 16.0 Å². The molecule has 2 aromatic carbocycles. The van der Waals surface area contributed by atoms with Gasteiger partial charge in [0.1, 0.15) is 5.58 Å². The van der Waals surface area contributed by atoms with Crippen LogP contribution in [0.4, 0.5) is 0 Å². The second-order valence-corrected chi connectivity index (χ2v) is 9.05. The van der Waals surface area contributed by atoms with Crippen LogP contribution in [0.2, 0.25) is 5.02 Å². The summed E-state index contributed by atoms with van der Waals surface area (Å²) in [5.41, 5.74) is 3.14. The molecule has 0 aliphatic rings. The van der Waals surface area contributed by atoms with Crippen molar-refractivity contribution in [3.8, 4) is 5.69 Å². The van der Waals surface area contributed by atoms with Crippen LogP contribution >= 0.6 is 23.4 Å². The van der Waals surface area contributed by atoms with E-state index in [-0.39, 0.29) is 11.7 Å². The summed E-state index contributed by atoms with van der Waals surface area (Å²) in [6, 6.07) is 15.1. The van der Waals surface area contributed by atoms with Crippen molar-refractivity contribution in [2.75, 3.05) is 14.1 Å². The average molecular weight is 455 g/mol. The molecule has 0 aliphatic carbocycles. The first-order valence-corrected chi connectivity index (χ1v) is 11.2. The van der Waals surface area contributed by atoms with E-state index in [1.165, 1.54) is 11.8 Å². The first kappa shape index (κ1) is 21.6. The molecular formula is C23H23ClN4O2S. The maximum Gasteiger partial charge on any atom is 0.336 e. The van der Waals surface area contributed by atoms with E-state index in [9.17, 15) is 4.79 Å². The summed E-state index contributed by atoms with van der Waals surface area (Å²) in [5.74, 6) is 1.40. The van der Waals surface area contributed by atoms with Gasteiger partial charge in [-0.3, -0.25) is 9.47 Å². The number of rotatable bonds is 6. The number of halogens is 1. The van der Waals surface area contributed by atoms with E-state index in [0.717, 1.165) is 33.2 Å². The molecule has 4 rings (SSSR count). The summed E-state index contributed by atoms with van der Waals surface area (Å²) in [6.45, 7) is 4.06. The lowest BCUT2D eigenvalue weighted by Crippen LogP contribution is -2.20. The molecule has 2 aromatic heterocycles. The van der Waals surface area contributed by atoms with Crippen molar-refractivity contribution in [3.63, 3.8) is 0 Å². The summed E-state index contributed by atoms with van der Waals surface area (Å²) in [7, 11) is 4.02. The molecular weight excluding hydrogens is 432 g/mol. The van der Waals surface area contributed by atoms with Gasteiger partial charge >= 0.3 is 5.63 Å². The number of aryl methyl sites for hydroxylation is 1. The molecule has 4 aromatic rings. The second kappa shape index (κ2) is 8.86. The van der Waals surface area contributed by atoms with Crippen LogP contribution in [0.3, 0.4) is 0 Å². The third-order valence-corrected chi connectivity index (χ3v) is 6.46. The van der Waals surface area contributed by atoms with Crippen LogP contribution in [0.5, 0.6) is 0 Å². The zero-order valence-corrected chi connectivity index (χ0v) is 19.4. The summed E-state index contributed by atoms with van der Waals surface area (Å²) in [5, 5.41) is 11.3. The number of nitrogens with zero attached hydrogens (tertiary/aromatic N) is 4. The minimum atomic E-state index is -0.352. The Hall–Kier alpha value is -2.61. The fourth-order valence-electron chi connectivity index (χ4n) is 3.31. The lowest BCUT2D eigenvalue weighted by atomic mass is 10.1. The van der Waals surface area contributed by atoms with E-state index in [1.54, 1.807) is 6.07 Å². The van der Waals surface area contributed by atoms with Crippen LogP contribution in [0.1, 0.15) is 29.9 Å². The summed E-state index contributed by atoms with van der Waals surface area (Å²) >= 11 is 7.63. The minimum absolute atomic E-state index is 0.0603. The Morgan fingerprint density at radius 3 is 2.58 bits per heavy atom. The second-order valence-electron chi connectivity index (χ2n) is 7.67. The van der Waals surface area contributed by atoms with Crippen molar-refractivity contribution in [1.29, 1.82) is 0 Å².